The molecular formula is C21H25NO4. The molecule has 0 aromatic heterocycles. The summed E-state index contributed by atoms with van der Waals surface area (Å²) in [5, 5.41) is 0. The average molecular weight is 355 g/mol. The summed E-state index contributed by atoms with van der Waals surface area (Å²) >= 11 is 0. The highest BCUT2D eigenvalue weighted by molar-refractivity contribution is 6.22. The van der Waals surface area contributed by atoms with Gasteiger partial charge in [0, 0.05) is 6.42 Å². The third-order valence-corrected chi connectivity index (χ3v) is 6.24. The van der Waals surface area contributed by atoms with Crippen molar-refractivity contribution in [2.75, 3.05) is 4.90 Å². The van der Waals surface area contributed by atoms with Crippen molar-refractivity contribution in [3.63, 3.8) is 0 Å². The Morgan fingerprint density at radius 2 is 1.65 bits per heavy atom. The first kappa shape index (κ1) is 17.3. The number of imide groups is 1. The number of esters is 1. The number of benzene rings is 1. The first-order chi connectivity index (χ1) is 12.6. The molecule has 0 spiro atoms. The van der Waals surface area contributed by atoms with Gasteiger partial charge in [-0.15, -0.1) is 0 Å². The van der Waals surface area contributed by atoms with Crippen LogP contribution in [0.3, 0.4) is 0 Å². The summed E-state index contributed by atoms with van der Waals surface area (Å²) in [4.78, 5) is 38.8. The Balaban J connectivity index is 1.43. The molecular weight excluding hydrogens is 330 g/mol. The van der Waals surface area contributed by atoms with E-state index in [4.69, 9.17) is 4.74 Å². The molecule has 3 fully saturated rings. The van der Waals surface area contributed by atoms with Gasteiger partial charge in [-0.3, -0.25) is 19.3 Å². The summed E-state index contributed by atoms with van der Waals surface area (Å²) in [5.41, 5.74) is 0.583. The van der Waals surface area contributed by atoms with Crippen LogP contribution in [0, 0.1) is 23.7 Å². The molecule has 5 heteroatoms. The molecule has 4 atom stereocenters. The Hall–Kier alpha value is -2.17. The lowest BCUT2D eigenvalue weighted by molar-refractivity contribution is -0.134. The normalized spacial score (nSPS) is 29.3. The maximum absolute atomic E-state index is 12.8. The Bertz CT molecular complexity index is 698. The van der Waals surface area contributed by atoms with Crippen LogP contribution in [-0.4, -0.2) is 17.8 Å². The second-order valence-corrected chi connectivity index (χ2v) is 7.82. The van der Waals surface area contributed by atoms with E-state index in [1.54, 1.807) is 24.3 Å². The van der Waals surface area contributed by atoms with Crippen LogP contribution in [-0.2, 0) is 14.4 Å². The zero-order chi connectivity index (χ0) is 18.3. The van der Waals surface area contributed by atoms with E-state index >= 15 is 0 Å². The first-order valence-corrected chi connectivity index (χ1v) is 9.78. The maximum atomic E-state index is 12.8. The molecule has 4 rings (SSSR count). The molecule has 1 heterocycles. The molecule has 2 saturated carbocycles. The predicted octanol–water partition coefficient (Wildman–Crippen LogP) is 3.71. The lowest BCUT2D eigenvalue weighted by Crippen LogP contribution is -2.32. The van der Waals surface area contributed by atoms with Gasteiger partial charge in [0.2, 0.25) is 11.8 Å². The SMILES string of the molecule is CCCCCC(=O)Oc1ccc(N2C(=O)[C@@H]3[C@H]4CC[C@@H](C4)[C@@H]3C2=O)cc1. The van der Waals surface area contributed by atoms with E-state index in [-0.39, 0.29) is 29.6 Å². The van der Waals surface area contributed by atoms with E-state index in [0.717, 1.165) is 38.5 Å². The molecule has 5 nitrogen and oxygen atoms in total. The van der Waals surface area contributed by atoms with Crippen molar-refractivity contribution in [1.29, 1.82) is 0 Å². The molecule has 0 N–H and O–H groups in total. The molecule has 2 bridgehead atoms. The van der Waals surface area contributed by atoms with E-state index in [9.17, 15) is 14.4 Å². The molecule has 1 aliphatic heterocycles. The number of unbranched alkanes of at least 4 members (excludes halogenated alkanes) is 2. The minimum absolute atomic E-state index is 0.0449. The quantitative estimate of drug-likeness (QED) is 0.338. The second-order valence-electron chi connectivity index (χ2n) is 7.82. The lowest BCUT2D eigenvalue weighted by Gasteiger charge is -2.19. The van der Waals surface area contributed by atoms with Crippen molar-refractivity contribution in [2.24, 2.45) is 23.7 Å². The molecule has 1 saturated heterocycles. The number of ether oxygens (including phenoxy) is 1. The molecule has 3 aliphatic rings. The zero-order valence-corrected chi connectivity index (χ0v) is 15.1. The Kier molecular flexibility index (Phi) is 4.55. The molecule has 1 aromatic rings. The summed E-state index contributed by atoms with van der Waals surface area (Å²) in [6.45, 7) is 2.09. The monoisotopic (exact) mass is 355 g/mol. The van der Waals surface area contributed by atoms with Crippen molar-refractivity contribution in [1.82, 2.24) is 0 Å². The van der Waals surface area contributed by atoms with Crippen molar-refractivity contribution in [3.05, 3.63) is 24.3 Å². The molecule has 2 aliphatic carbocycles. The van der Waals surface area contributed by atoms with Crippen LogP contribution in [0.5, 0.6) is 5.75 Å². The number of amides is 2. The largest absolute Gasteiger partial charge is 0.427 e. The summed E-state index contributed by atoms with van der Waals surface area (Å²) in [6, 6.07) is 6.73. The van der Waals surface area contributed by atoms with E-state index in [1.165, 1.54) is 4.90 Å². The van der Waals surface area contributed by atoms with E-state index < -0.39 is 0 Å². The minimum Gasteiger partial charge on any atom is -0.427 e. The fraction of sp³-hybridized carbons (Fsp3) is 0.571. The molecule has 1 aromatic carbocycles. The standard InChI is InChI=1S/C21H25NO4/c1-2-3-4-5-17(23)26-16-10-8-15(9-11-16)22-20(24)18-13-6-7-14(12-13)19(18)21(22)25/h8-11,13-14,18-19H,2-7,12H2,1H3/t13-,14-,18-,19+/m0/s1. The smallest absolute Gasteiger partial charge is 0.311 e. The molecule has 0 unspecified atom stereocenters. The van der Waals surface area contributed by atoms with Crippen LogP contribution in [0.2, 0.25) is 0 Å². The van der Waals surface area contributed by atoms with Gasteiger partial charge >= 0.3 is 5.97 Å². The fourth-order valence-electron chi connectivity index (χ4n) is 5.03. The zero-order valence-electron chi connectivity index (χ0n) is 15.1. The van der Waals surface area contributed by atoms with Gasteiger partial charge in [0.05, 0.1) is 17.5 Å². The number of hydrogen-bond acceptors (Lipinski definition) is 4. The summed E-state index contributed by atoms with van der Waals surface area (Å²) in [7, 11) is 0. The van der Waals surface area contributed by atoms with Crippen molar-refractivity contribution >= 4 is 23.5 Å². The van der Waals surface area contributed by atoms with E-state index in [0.29, 0.717) is 29.7 Å². The molecule has 0 radical (unpaired) electrons. The minimum atomic E-state index is -0.245. The summed E-state index contributed by atoms with van der Waals surface area (Å²) in [5.74, 6) is 0.660. The number of rotatable bonds is 6. The van der Waals surface area contributed by atoms with Gasteiger partial charge in [0.25, 0.3) is 0 Å². The van der Waals surface area contributed by atoms with Crippen LogP contribution in [0.1, 0.15) is 51.9 Å². The molecule has 138 valence electrons. The van der Waals surface area contributed by atoms with Crippen LogP contribution in [0.4, 0.5) is 5.69 Å². The summed E-state index contributed by atoms with van der Waals surface area (Å²) < 4.78 is 5.32. The Morgan fingerprint density at radius 3 is 2.23 bits per heavy atom. The average Bonchev–Trinajstić information content (AvgIpc) is 3.30. The van der Waals surface area contributed by atoms with Gasteiger partial charge in [0.1, 0.15) is 5.75 Å². The second kappa shape index (κ2) is 6.86. The number of anilines is 1. The maximum Gasteiger partial charge on any atom is 0.311 e. The highest BCUT2D eigenvalue weighted by atomic mass is 16.5. The van der Waals surface area contributed by atoms with Crippen molar-refractivity contribution in [2.45, 2.75) is 51.9 Å². The van der Waals surface area contributed by atoms with Gasteiger partial charge in [-0.2, -0.15) is 0 Å². The number of carbonyl (C=O) groups is 3. The first-order valence-electron chi connectivity index (χ1n) is 9.78. The molecule has 2 amide bonds. The Morgan fingerprint density at radius 1 is 1.04 bits per heavy atom. The van der Waals surface area contributed by atoms with Gasteiger partial charge < -0.3 is 4.74 Å². The van der Waals surface area contributed by atoms with Crippen LogP contribution in [0.15, 0.2) is 24.3 Å². The number of nitrogens with zero attached hydrogens (tertiary/aromatic N) is 1. The van der Waals surface area contributed by atoms with Crippen LogP contribution >= 0.6 is 0 Å². The highest BCUT2D eigenvalue weighted by Gasteiger charge is 2.61. The van der Waals surface area contributed by atoms with Crippen molar-refractivity contribution < 1.29 is 19.1 Å². The fourth-order valence-corrected chi connectivity index (χ4v) is 5.03. The highest BCUT2D eigenvalue weighted by Crippen LogP contribution is 2.56. The van der Waals surface area contributed by atoms with Crippen LogP contribution in [0.25, 0.3) is 0 Å². The number of carbonyl (C=O) groups excluding carboxylic acids is 3. The van der Waals surface area contributed by atoms with Crippen molar-refractivity contribution in [3.8, 4) is 5.75 Å². The van der Waals surface area contributed by atoms with E-state index in [2.05, 4.69) is 6.92 Å². The number of fused-ring (bicyclic) bond motifs is 5. The third-order valence-electron chi connectivity index (χ3n) is 6.24. The van der Waals surface area contributed by atoms with Gasteiger partial charge in [0.15, 0.2) is 0 Å². The predicted molar refractivity (Wildman–Crippen MR) is 96.5 cm³/mol. The lowest BCUT2D eigenvalue weighted by atomic mass is 9.81. The van der Waals surface area contributed by atoms with Crippen LogP contribution < -0.4 is 9.64 Å². The third kappa shape index (κ3) is 2.83. The van der Waals surface area contributed by atoms with Gasteiger partial charge in [-0.05, 0) is 61.8 Å². The topological polar surface area (TPSA) is 63.7 Å². The van der Waals surface area contributed by atoms with Gasteiger partial charge in [-0.1, -0.05) is 19.8 Å². The Labute approximate surface area is 153 Å². The number of hydrogen-bond donors (Lipinski definition) is 0. The van der Waals surface area contributed by atoms with Gasteiger partial charge in [-0.25, -0.2) is 0 Å². The summed E-state index contributed by atoms with van der Waals surface area (Å²) in [6.07, 6.45) is 6.49. The van der Waals surface area contributed by atoms with E-state index in [1.807, 2.05) is 0 Å². The molecule has 26 heavy (non-hydrogen) atoms.